The molecule has 0 saturated heterocycles. The SMILES string of the molecule is CCC(C)Nc1ncnc(Sc2cccc3cccnc23)c1N. The quantitative estimate of drug-likeness (QED) is 0.691. The molecule has 1 unspecified atom stereocenters. The Morgan fingerprint density at radius 3 is 2.83 bits per heavy atom. The first kappa shape index (κ1) is 15.6. The summed E-state index contributed by atoms with van der Waals surface area (Å²) in [5.41, 5.74) is 7.78. The number of nitrogen functional groups attached to an aromatic ring is 1. The molecule has 2 heterocycles. The molecule has 0 aliphatic heterocycles. The minimum absolute atomic E-state index is 0.310. The van der Waals surface area contributed by atoms with E-state index >= 15 is 0 Å². The van der Waals surface area contributed by atoms with Crippen molar-refractivity contribution in [3.63, 3.8) is 0 Å². The van der Waals surface area contributed by atoms with Gasteiger partial charge in [-0.2, -0.15) is 0 Å². The normalized spacial score (nSPS) is 12.3. The van der Waals surface area contributed by atoms with Crippen LogP contribution in [0, 0.1) is 0 Å². The maximum Gasteiger partial charge on any atom is 0.154 e. The first-order chi connectivity index (χ1) is 11.2. The number of rotatable bonds is 5. The molecule has 2 aromatic heterocycles. The Kier molecular flexibility index (Phi) is 4.62. The van der Waals surface area contributed by atoms with E-state index < -0.39 is 0 Å². The highest BCUT2D eigenvalue weighted by Gasteiger charge is 2.12. The highest BCUT2D eigenvalue weighted by Crippen LogP contribution is 2.36. The van der Waals surface area contributed by atoms with E-state index in [0.29, 0.717) is 17.5 Å². The molecule has 3 aromatic rings. The first-order valence-electron chi connectivity index (χ1n) is 7.57. The molecule has 0 radical (unpaired) electrons. The summed E-state index contributed by atoms with van der Waals surface area (Å²) < 4.78 is 0. The molecule has 0 fully saturated rings. The Labute approximate surface area is 139 Å². The van der Waals surface area contributed by atoms with E-state index in [4.69, 9.17) is 5.73 Å². The molecule has 6 heteroatoms. The number of hydrogen-bond acceptors (Lipinski definition) is 6. The van der Waals surface area contributed by atoms with Crippen molar-refractivity contribution < 1.29 is 0 Å². The monoisotopic (exact) mass is 325 g/mol. The van der Waals surface area contributed by atoms with Crippen LogP contribution >= 0.6 is 11.8 Å². The summed E-state index contributed by atoms with van der Waals surface area (Å²) in [6.07, 6.45) is 4.34. The van der Waals surface area contributed by atoms with Crippen LogP contribution in [0.15, 0.2) is 52.8 Å². The molecule has 1 aromatic carbocycles. The summed E-state index contributed by atoms with van der Waals surface area (Å²) in [7, 11) is 0. The molecule has 3 rings (SSSR count). The Hall–Kier alpha value is -2.34. The zero-order chi connectivity index (χ0) is 16.2. The van der Waals surface area contributed by atoms with E-state index in [1.165, 1.54) is 11.8 Å². The van der Waals surface area contributed by atoms with E-state index in [-0.39, 0.29) is 0 Å². The summed E-state index contributed by atoms with van der Waals surface area (Å²) in [6, 6.07) is 10.4. The van der Waals surface area contributed by atoms with Gasteiger partial charge in [0.1, 0.15) is 17.0 Å². The summed E-state index contributed by atoms with van der Waals surface area (Å²) in [4.78, 5) is 14.1. The molecule has 0 amide bonds. The molecular formula is C17H19N5S. The Morgan fingerprint density at radius 1 is 1.17 bits per heavy atom. The zero-order valence-electron chi connectivity index (χ0n) is 13.2. The molecular weight excluding hydrogens is 306 g/mol. The van der Waals surface area contributed by atoms with Crippen LogP contribution in [0.1, 0.15) is 20.3 Å². The summed E-state index contributed by atoms with van der Waals surface area (Å²) in [6.45, 7) is 4.22. The van der Waals surface area contributed by atoms with E-state index in [1.807, 2.05) is 30.3 Å². The van der Waals surface area contributed by atoms with Gasteiger partial charge in [0.05, 0.1) is 5.52 Å². The minimum atomic E-state index is 0.310. The van der Waals surface area contributed by atoms with Crippen LogP contribution in [0.5, 0.6) is 0 Å². The van der Waals surface area contributed by atoms with Crippen LogP contribution in [0.2, 0.25) is 0 Å². The van der Waals surface area contributed by atoms with E-state index in [2.05, 4.69) is 34.1 Å². The van der Waals surface area contributed by atoms with Gasteiger partial charge in [-0.25, -0.2) is 9.97 Å². The minimum Gasteiger partial charge on any atom is -0.394 e. The number of nitrogens with two attached hydrogens (primary N) is 1. The topological polar surface area (TPSA) is 76.7 Å². The van der Waals surface area contributed by atoms with Gasteiger partial charge in [0, 0.05) is 22.5 Å². The number of hydrogen-bond donors (Lipinski definition) is 2. The highest BCUT2D eigenvalue weighted by atomic mass is 32.2. The fourth-order valence-corrected chi connectivity index (χ4v) is 3.10. The van der Waals surface area contributed by atoms with Crippen LogP contribution in [0.4, 0.5) is 11.5 Å². The van der Waals surface area contributed by atoms with Crippen LogP contribution in [0.25, 0.3) is 10.9 Å². The van der Waals surface area contributed by atoms with Gasteiger partial charge >= 0.3 is 0 Å². The Morgan fingerprint density at radius 2 is 2.00 bits per heavy atom. The second kappa shape index (κ2) is 6.83. The van der Waals surface area contributed by atoms with Crippen LogP contribution in [0.3, 0.4) is 0 Å². The maximum absolute atomic E-state index is 6.25. The summed E-state index contributed by atoms with van der Waals surface area (Å²) in [5.74, 6) is 0.685. The lowest BCUT2D eigenvalue weighted by Crippen LogP contribution is -2.16. The number of nitrogens with one attached hydrogen (secondary N) is 1. The van der Waals surface area contributed by atoms with Gasteiger partial charge in [-0.3, -0.25) is 4.98 Å². The van der Waals surface area contributed by atoms with Crippen LogP contribution in [-0.4, -0.2) is 21.0 Å². The predicted molar refractivity (Wildman–Crippen MR) is 95.7 cm³/mol. The zero-order valence-corrected chi connectivity index (χ0v) is 14.0. The van der Waals surface area contributed by atoms with Crippen molar-refractivity contribution in [2.24, 2.45) is 0 Å². The second-order valence-corrected chi connectivity index (χ2v) is 6.36. The van der Waals surface area contributed by atoms with Crippen LogP contribution in [-0.2, 0) is 0 Å². The Bertz CT molecular complexity index is 816. The highest BCUT2D eigenvalue weighted by molar-refractivity contribution is 7.99. The van der Waals surface area contributed by atoms with E-state index in [9.17, 15) is 0 Å². The van der Waals surface area contributed by atoms with Gasteiger partial charge < -0.3 is 11.1 Å². The van der Waals surface area contributed by atoms with Crippen molar-refractivity contribution in [3.05, 3.63) is 42.9 Å². The largest absolute Gasteiger partial charge is 0.394 e. The van der Waals surface area contributed by atoms with Gasteiger partial charge in [-0.15, -0.1) is 0 Å². The standard InChI is InChI=1S/C17H19N5S/c1-3-11(2)22-16-14(18)17(21-10-20-16)23-13-8-4-6-12-7-5-9-19-15(12)13/h4-11H,3,18H2,1-2H3,(H,20,21,22). The van der Waals surface area contributed by atoms with Crippen molar-refractivity contribution in [1.82, 2.24) is 15.0 Å². The number of anilines is 2. The average molecular weight is 325 g/mol. The lowest BCUT2D eigenvalue weighted by Gasteiger charge is -2.15. The van der Waals surface area contributed by atoms with E-state index in [1.54, 1.807) is 12.5 Å². The smallest absolute Gasteiger partial charge is 0.154 e. The molecule has 0 bridgehead atoms. The maximum atomic E-state index is 6.25. The third kappa shape index (κ3) is 3.37. The summed E-state index contributed by atoms with van der Waals surface area (Å²) in [5, 5.41) is 5.16. The average Bonchev–Trinajstić information content (AvgIpc) is 2.58. The fraction of sp³-hybridized carbons (Fsp3) is 0.235. The number of fused-ring (bicyclic) bond motifs is 1. The number of nitrogens with zero attached hydrogens (tertiary/aromatic N) is 3. The van der Waals surface area contributed by atoms with Gasteiger partial charge in [-0.1, -0.05) is 36.9 Å². The third-order valence-electron chi connectivity index (χ3n) is 3.65. The molecule has 0 spiro atoms. The van der Waals surface area contributed by atoms with Gasteiger partial charge in [-0.05, 0) is 25.5 Å². The summed E-state index contributed by atoms with van der Waals surface area (Å²) >= 11 is 1.51. The van der Waals surface area contributed by atoms with Crippen molar-refractivity contribution in [1.29, 1.82) is 0 Å². The van der Waals surface area contributed by atoms with Crippen molar-refractivity contribution >= 4 is 34.2 Å². The predicted octanol–water partition coefficient (Wildman–Crippen LogP) is 3.97. The van der Waals surface area contributed by atoms with Crippen molar-refractivity contribution in [2.75, 3.05) is 11.1 Å². The van der Waals surface area contributed by atoms with Crippen molar-refractivity contribution in [2.45, 2.75) is 36.2 Å². The lowest BCUT2D eigenvalue weighted by molar-refractivity contribution is 0.757. The molecule has 0 saturated carbocycles. The fourth-order valence-electron chi connectivity index (χ4n) is 2.17. The van der Waals surface area contributed by atoms with Gasteiger partial charge in [0.2, 0.25) is 0 Å². The number of pyridine rings is 1. The number of para-hydroxylation sites is 1. The third-order valence-corrected chi connectivity index (χ3v) is 4.71. The van der Waals surface area contributed by atoms with Crippen molar-refractivity contribution in [3.8, 4) is 0 Å². The molecule has 0 aliphatic rings. The van der Waals surface area contributed by atoms with Gasteiger partial charge in [0.15, 0.2) is 5.82 Å². The molecule has 3 N–H and O–H groups in total. The Balaban J connectivity index is 1.95. The molecule has 118 valence electrons. The van der Waals surface area contributed by atoms with E-state index in [0.717, 1.165) is 27.2 Å². The second-order valence-electron chi connectivity index (χ2n) is 5.33. The molecule has 5 nitrogen and oxygen atoms in total. The molecule has 1 atom stereocenters. The van der Waals surface area contributed by atoms with Crippen LogP contribution < -0.4 is 11.1 Å². The first-order valence-corrected chi connectivity index (χ1v) is 8.39. The number of aromatic nitrogens is 3. The molecule has 23 heavy (non-hydrogen) atoms. The van der Waals surface area contributed by atoms with Gasteiger partial charge in [0.25, 0.3) is 0 Å². The lowest BCUT2D eigenvalue weighted by atomic mass is 10.2. The number of benzene rings is 1. The molecule has 0 aliphatic carbocycles.